The molecule has 1 fully saturated rings. The number of aliphatic carboxylic acids is 1. The number of hydrogen-bond acceptors (Lipinski definition) is 3. The van der Waals surface area contributed by atoms with Gasteiger partial charge in [-0.1, -0.05) is 12.1 Å². The predicted octanol–water partition coefficient (Wildman–Crippen LogP) is 2.61. The molecule has 2 rings (SSSR count). The Hall–Kier alpha value is -1.55. The number of likely N-dealkylation sites (tertiary alicyclic amines) is 1. The van der Waals surface area contributed by atoms with Gasteiger partial charge in [-0.3, -0.25) is 9.69 Å². The van der Waals surface area contributed by atoms with Crippen LogP contribution in [0.5, 0.6) is 0 Å². The lowest BCUT2D eigenvalue weighted by Crippen LogP contribution is -2.34. The van der Waals surface area contributed by atoms with E-state index < -0.39 is 5.97 Å². The number of anilines is 1. The van der Waals surface area contributed by atoms with Gasteiger partial charge in [-0.15, -0.1) is 0 Å². The zero-order chi connectivity index (χ0) is 14.9. The molecule has 0 saturated carbocycles. The highest BCUT2D eigenvalue weighted by atomic mass is 16.4. The number of rotatable bonds is 4. The van der Waals surface area contributed by atoms with Gasteiger partial charge in [-0.25, -0.2) is 0 Å². The largest absolute Gasteiger partial charge is 0.481 e. The summed E-state index contributed by atoms with van der Waals surface area (Å²) in [7, 11) is 4.05. The first kappa shape index (κ1) is 14.9. The summed E-state index contributed by atoms with van der Waals surface area (Å²) in [6.45, 7) is 5.04. The number of hydrogen-bond donors (Lipinski definition) is 1. The van der Waals surface area contributed by atoms with Gasteiger partial charge < -0.3 is 10.0 Å². The van der Waals surface area contributed by atoms with E-state index in [2.05, 4.69) is 41.0 Å². The van der Waals surface area contributed by atoms with E-state index >= 15 is 0 Å². The number of nitrogens with zero attached hydrogens (tertiary/aromatic N) is 2. The highest BCUT2D eigenvalue weighted by Gasteiger charge is 2.37. The zero-order valence-electron chi connectivity index (χ0n) is 12.7. The minimum atomic E-state index is -0.671. The van der Waals surface area contributed by atoms with Crippen LogP contribution in [-0.4, -0.2) is 42.7 Å². The molecule has 0 spiro atoms. The van der Waals surface area contributed by atoms with E-state index in [-0.39, 0.29) is 18.0 Å². The highest BCUT2D eigenvalue weighted by molar-refractivity contribution is 5.71. The highest BCUT2D eigenvalue weighted by Crippen LogP contribution is 2.33. The molecule has 0 amide bonds. The van der Waals surface area contributed by atoms with Crippen LogP contribution in [0.2, 0.25) is 0 Å². The Balaban J connectivity index is 2.11. The van der Waals surface area contributed by atoms with Crippen LogP contribution < -0.4 is 4.90 Å². The maximum absolute atomic E-state index is 11.2. The van der Waals surface area contributed by atoms with Crippen LogP contribution in [-0.2, 0) is 4.79 Å². The molecule has 1 N–H and O–H groups in total. The lowest BCUT2D eigenvalue weighted by molar-refractivity contribution is -0.142. The van der Waals surface area contributed by atoms with E-state index in [0.29, 0.717) is 0 Å². The number of carboxylic acid groups (broad SMARTS) is 1. The fraction of sp³-hybridized carbons (Fsp3) is 0.562. The third kappa shape index (κ3) is 2.80. The van der Waals surface area contributed by atoms with Crippen molar-refractivity contribution >= 4 is 11.7 Å². The van der Waals surface area contributed by atoms with Gasteiger partial charge in [0.2, 0.25) is 0 Å². The SMILES string of the molecule is CC(c1ccc(N(C)C)cc1)N1CCC(C(=O)O)C1C. The molecule has 3 atom stereocenters. The van der Waals surface area contributed by atoms with Crippen molar-refractivity contribution in [3.63, 3.8) is 0 Å². The Kier molecular flexibility index (Phi) is 4.33. The smallest absolute Gasteiger partial charge is 0.308 e. The minimum absolute atomic E-state index is 0.0935. The second-order valence-corrected chi connectivity index (χ2v) is 5.87. The van der Waals surface area contributed by atoms with Crippen molar-refractivity contribution in [1.82, 2.24) is 4.90 Å². The summed E-state index contributed by atoms with van der Waals surface area (Å²) in [6.07, 6.45) is 0.747. The molecule has 1 saturated heterocycles. The molecule has 1 aliphatic heterocycles. The average molecular weight is 276 g/mol. The van der Waals surface area contributed by atoms with Gasteiger partial charge in [0.1, 0.15) is 0 Å². The topological polar surface area (TPSA) is 43.8 Å². The lowest BCUT2D eigenvalue weighted by Gasteiger charge is -2.30. The summed E-state index contributed by atoms with van der Waals surface area (Å²) >= 11 is 0. The normalized spacial score (nSPS) is 24.6. The summed E-state index contributed by atoms with van der Waals surface area (Å²) in [5.74, 6) is -0.909. The van der Waals surface area contributed by atoms with Gasteiger partial charge in [0.25, 0.3) is 0 Å². The molecule has 1 aliphatic rings. The average Bonchev–Trinajstić information content (AvgIpc) is 2.80. The first-order valence-corrected chi connectivity index (χ1v) is 7.17. The Morgan fingerprint density at radius 2 is 1.95 bits per heavy atom. The van der Waals surface area contributed by atoms with Crippen LogP contribution in [0.4, 0.5) is 5.69 Å². The Morgan fingerprint density at radius 3 is 2.40 bits per heavy atom. The van der Waals surface area contributed by atoms with Crippen molar-refractivity contribution in [3.8, 4) is 0 Å². The summed E-state index contributed by atoms with van der Waals surface area (Å²) in [4.78, 5) is 15.6. The van der Waals surface area contributed by atoms with Gasteiger partial charge in [0.05, 0.1) is 5.92 Å². The van der Waals surface area contributed by atoms with Crippen LogP contribution in [0.25, 0.3) is 0 Å². The fourth-order valence-electron chi connectivity index (χ4n) is 3.08. The van der Waals surface area contributed by atoms with Crippen LogP contribution in [0, 0.1) is 5.92 Å². The van der Waals surface area contributed by atoms with Crippen molar-refractivity contribution in [2.24, 2.45) is 5.92 Å². The summed E-state index contributed by atoms with van der Waals surface area (Å²) < 4.78 is 0. The van der Waals surface area contributed by atoms with Crippen LogP contribution >= 0.6 is 0 Å². The molecule has 0 aliphatic carbocycles. The summed E-state index contributed by atoms with van der Waals surface area (Å²) in [5.41, 5.74) is 2.42. The van der Waals surface area contributed by atoms with Crippen molar-refractivity contribution < 1.29 is 9.90 Å². The summed E-state index contributed by atoms with van der Waals surface area (Å²) in [5, 5.41) is 9.22. The first-order chi connectivity index (χ1) is 9.41. The van der Waals surface area contributed by atoms with Crippen LogP contribution in [0.1, 0.15) is 31.9 Å². The fourth-order valence-corrected chi connectivity index (χ4v) is 3.08. The second kappa shape index (κ2) is 5.83. The van der Waals surface area contributed by atoms with Crippen molar-refractivity contribution in [3.05, 3.63) is 29.8 Å². The second-order valence-electron chi connectivity index (χ2n) is 5.87. The quantitative estimate of drug-likeness (QED) is 0.918. The molecule has 0 aromatic heterocycles. The minimum Gasteiger partial charge on any atom is -0.481 e. The molecular formula is C16H24N2O2. The van der Waals surface area contributed by atoms with Gasteiger partial charge >= 0.3 is 5.97 Å². The number of benzene rings is 1. The molecule has 110 valence electrons. The number of carboxylic acids is 1. The first-order valence-electron chi connectivity index (χ1n) is 7.17. The molecule has 4 nitrogen and oxygen atoms in total. The Morgan fingerprint density at radius 1 is 1.35 bits per heavy atom. The van der Waals surface area contributed by atoms with Crippen LogP contribution in [0.3, 0.4) is 0 Å². The maximum atomic E-state index is 11.2. The van der Waals surface area contributed by atoms with Gasteiger partial charge in [0, 0.05) is 31.9 Å². The van der Waals surface area contributed by atoms with Crippen molar-refractivity contribution in [1.29, 1.82) is 0 Å². The van der Waals surface area contributed by atoms with E-state index in [1.54, 1.807) is 0 Å². The van der Waals surface area contributed by atoms with E-state index in [1.807, 2.05) is 21.0 Å². The van der Waals surface area contributed by atoms with Crippen molar-refractivity contribution in [2.75, 3.05) is 25.5 Å². The lowest BCUT2D eigenvalue weighted by atomic mass is 10.0. The molecule has 1 aromatic carbocycles. The molecule has 4 heteroatoms. The standard InChI is InChI=1S/C16H24N2O2/c1-11(13-5-7-14(8-6-13)17(3)4)18-10-9-15(12(18)2)16(19)20/h5-8,11-12,15H,9-10H2,1-4H3,(H,19,20). The van der Waals surface area contributed by atoms with E-state index in [1.165, 1.54) is 11.3 Å². The van der Waals surface area contributed by atoms with E-state index in [9.17, 15) is 9.90 Å². The molecular weight excluding hydrogens is 252 g/mol. The Bertz CT molecular complexity index is 470. The third-order valence-electron chi connectivity index (χ3n) is 4.51. The van der Waals surface area contributed by atoms with Crippen molar-refractivity contribution in [2.45, 2.75) is 32.4 Å². The predicted molar refractivity (Wildman–Crippen MR) is 81.1 cm³/mol. The van der Waals surface area contributed by atoms with E-state index in [0.717, 1.165) is 13.0 Å². The Labute approximate surface area is 121 Å². The molecule has 0 bridgehead atoms. The summed E-state index contributed by atoms with van der Waals surface area (Å²) in [6, 6.07) is 8.85. The number of carbonyl (C=O) groups is 1. The van der Waals surface area contributed by atoms with Gasteiger partial charge in [0.15, 0.2) is 0 Å². The molecule has 3 unspecified atom stereocenters. The van der Waals surface area contributed by atoms with Gasteiger partial charge in [-0.05, 0) is 44.5 Å². The zero-order valence-corrected chi connectivity index (χ0v) is 12.7. The van der Waals surface area contributed by atoms with Crippen LogP contribution in [0.15, 0.2) is 24.3 Å². The molecule has 1 heterocycles. The maximum Gasteiger partial charge on any atom is 0.308 e. The molecule has 20 heavy (non-hydrogen) atoms. The molecule has 1 aromatic rings. The molecule has 0 radical (unpaired) electrons. The van der Waals surface area contributed by atoms with E-state index in [4.69, 9.17) is 0 Å². The third-order valence-corrected chi connectivity index (χ3v) is 4.51. The van der Waals surface area contributed by atoms with Gasteiger partial charge in [-0.2, -0.15) is 0 Å². The monoisotopic (exact) mass is 276 g/mol.